The van der Waals surface area contributed by atoms with Gasteiger partial charge >= 0.3 is 5.97 Å². The van der Waals surface area contributed by atoms with Crippen LogP contribution in [0.3, 0.4) is 0 Å². The minimum atomic E-state index is -0.934. The summed E-state index contributed by atoms with van der Waals surface area (Å²) >= 11 is 0. The molecule has 0 aromatic heterocycles. The van der Waals surface area contributed by atoms with Gasteiger partial charge in [0, 0.05) is 7.11 Å². The van der Waals surface area contributed by atoms with E-state index in [1.165, 1.54) is 0 Å². The Morgan fingerprint density at radius 3 is 1.92 bits per heavy atom. The fraction of sp³-hybridized carbons (Fsp3) is 0.174. The molecule has 0 N–H and O–H groups in total. The second kappa shape index (κ2) is 6.77. The van der Waals surface area contributed by atoms with E-state index in [-0.39, 0.29) is 19.2 Å². The number of hydrogen-bond acceptors (Lipinski definition) is 3. The van der Waals surface area contributed by atoms with Gasteiger partial charge in [-0.3, -0.25) is 4.79 Å². The van der Waals surface area contributed by atoms with Gasteiger partial charge in [0.1, 0.15) is 12.0 Å². The van der Waals surface area contributed by atoms with E-state index in [0.29, 0.717) is 0 Å². The van der Waals surface area contributed by atoms with Crippen LogP contribution in [0.2, 0.25) is 0 Å². The fourth-order valence-electron chi connectivity index (χ4n) is 3.82. The summed E-state index contributed by atoms with van der Waals surface area (Å²) in [5.41, 5.74) is 4.06. The van der Waals surface area contributed by atoms with Gasteiger partial charge in [-0.2, -0.15) is 0 Å². The van der Waals surface area contributed by atoms with Gasteiger partial charge in [-0.25, -0.2) is 0 Å². The Kier molecular flexibility index (Phi) is 4.31. The number of fused-ring (bicyclic) bond motifs is 3. The maximum atomic E-state index is 13.4. The van der Waals surface area contributed by atoms with Crippen LogP contribution in [0.4, 0.5) is 0 Å². The van der Waals surface area contributed by atoms with Gasteiger partial charge < -0.3 is 9.47 Å². The zero-order valence-electron chi connectivity index (χ0n) is 14.6. The lowest BCUT2D eigenvalue weighted by atomic mass is 9.79. The molecule has 0 aliphatic heterocycles. The Bertz CT molecular complexity index is 885. The van der Waals surface area contributed by atoms with Crippen molar-refractivity contribution in [3.63, 3.8) is 0 Å². The lowest BCUT2D eigenvalue weighted by molar-refractivity contribution is -0.152. The third-order valence-electron chi connectivity index (χ3n) is 4.99. The Labute approximate surface area is 153 Å². The summed E-state index contributed by atoms with van der Waals surface area (Å²) in [5, 5.41) is 0. The molecule has 1 aliphatic carbocycles. The maximum absolute atomic E-state index is 13.4. The summed E-state index contributed by atoms with van der Waals surface area (Å²) in [4.78, 5) is 13.4. The van der Waals surface area contributed by atoms with Crippen LogP contribution < -0.4 is 0 Å². The molecule has 3 nitrogen and oxygen atoms in total. The van der Waals surface area contributed by atoms with Crippen molar-refractivity contribution >= 4 is 5.97 Å². The summed E-state index contributed by atoms with van der Waals surface area (Å²) in [7, 11) is 1.62. The number of hydrogen-bond donors (Lipinski definition) is 0. The number of carbonyl (C=O) groups excluding carboxylic acids is 1. The number of ether oxygens (including phenoxy) is 2. The van der Waals surface area contributed by atoms with Crippen LogP contribution in [0.15, 0.2) is 78.9 Å². The van der Waals surface area contributed by atoms with Crippen LogP contribution in [0, 0.1) is 0 Å². The minimum Gasteiger partial charge on any atom is -0.460 e. The first-order valence-electron chi connectivity index (χ1n) is 8.67. The van der Waals surface area contributed by atoms with Gasteiger partial charge in [0.05, 0.1) is 6.61 Å². The molecule has 130 valence electrons. The van der Waals surface area contributed by atoms with Gasteiger partial charge in [-0.15, -0.1) is 0 Å². The molecule has 1 aliphatic rings. The summed E-state index contributed by atoms with van der Waals surface area (Å²) < 4.78 is 11.3. The molecule has 0 fully saturated rings. The molecular formula is C23H20O3. The van der Waals surface area contributed by atoms with Gasteiger partial charge in [0.25, 0.3) is 0 Å². The number of methoxy groups -OCH3 is 1. The van der Waals surface area contributed by atoms with Crippen molar-refractivity contribution in [1.29, 1.82) is 0 Å². The highest BCUT2D eigenvalue weighted by atomic mass is 16.5. The molecule has 0 spiro atoms. The van der Waals surface area contributed by atoms with Gasteiger partial charge in [-0.05, 0) is 27.8 Å². The van der Waals surface area contributed by atoms with Crippen molar-refractivity contribution in [1.82, 2.24) is 0 Å². The molecule has 26 heavy (non-hydrogen) atoms. The largest absolute Gasteiger partial charge is 0.460 e. The Morgan fingerprint density at radius 1 is 0.808 bits per heavy atom. The fourth-order valence-corrected chi connectivity index (χ4v) is 3.82. The van der Waals surface area contributed by atoms with E-state index in [1.54, 1.807) is 7.11 Å². The molecule has 4 rings (SSSR count). The van der Waals surface area contributed by atoms with E-state index >= 15 is 0 Å². The number of carbonyl (C=O) groups is 1. The molecule has 3 aromatic rings. The lowest BCUT2D eigenvalue weighted by Gasteiger charge is -2.29. The summed E-state index contributed by atoms with van der Waals surface area (Å²) in [6.07, 6.45) is 0. The van der Waals surface area contributed by atoms with Crippen LogP contribution in [-0.4, -0.2) is 19.7 Å². The van der Waals surface area contributed by atoms with Crippen LogP contribution >= 0.6 is 0 Å². The van der Waals surface area contributed by atoms with E-state index in [0.717, 1.165) is 27.8 Å². The van der Waals surface area contributed by atoms with E-state index < -0.39 is 5.41 Å². The lowest BCUT2D eigenvalue weighted by Crippen LogP contribution is -2.41. The van der Waals surface area contributed by atoms with E-state index in [9.17, 15) is 4.79 Å². The Morgan fingerprint density at radius 2 is 1.35 bits per heavy atom. The van der Waals surface area contributed by atoms with E-state index in [1.807, 2.05) is 66.7 Å². The summed E-state index contributed by atoms with van der Waals surface area (Å²) in [6.45, 7) is 0.490. The monoisotopic (exact) mass is 344 g/mol. The third-order valence-corrected chi connectivity index (χ3v) is 4.99. The maximum Gasteiger partial charge on any atom is 0.323 e. The zero-order chi connectivity index (χ0) is 18.0. The molecule has 0 amide bonds. The van der Waals surface area contributed by atoms with Crippen molar-refractivity contribution < 1.29 is 14.3 Å². The first kappa shape index (κ1) is 16.6. The van der Waals surface area contributed by atoms with Gasteiger partial charge in [0.2, 0.25) is 0 Å². The molecule has 3 aromatic carbocycles. The normalized spacial score (nSPS) is 13.7. The second-order valence-corrected chi connectivity index (χ2v) is 6.49. The molecule has 0 atom stereocenters. The van der Waals surface area contributed by atoms with Crippen LogP contribution in [-0.2, 0) is 26.3 Å². The quantitative estimate of drug-likeness (QED) is 0.646. The molecule has 0 bridgehead atoms. The molecule has 0 unspecified atom stereocenters. The highest BCUT2D eigenvalue weighted by Crippen LogP contribution is 2.49. The zero-order valence-corrected chi connectivity index (χ0v) is 14.6. The van der Waals surface area contributed by atoms with Gasteiger partial charge in [-0.1, -0.05) is 78.9 Å². The van der Waals surface area contributed by atoms with Crippen LogP contribution in [0.25, 0.3) is 11.1 Å². The smallest absolute Gasteiger partial charge is 0.323 e. The number of rotatable bonds is 5. The standard InChI is InChI=1S/C23H20O3/c1-25-16-23(22(24)26-15-17-9-3-2-4-10-17)20-13-7-5-11-18(20)19-12-6-8-14-21(19)23/h2-14H,15-16H2,1H3. The number of benzene rings is 3. The van der Waals surface area contributed by atoms with Crippen molar-refractivity contribution in [3.8, 4) is 11.1 Å². The first-order chi connectivity index (χ1) is 12.8. The highest BCUT2D eigenvalue weighted by Gasteiger charge is 2.50. The predicted octanol–water partition coefficient (Wildman–Crippen LogP) is 4.34. The molecular weight excluding hydrogens is 324 g/mol. The molecule has 0 saturated heterocycles. The van der Waals surface area contributed by atoms with Crippen molar-refractivity contribution in [2.75, 3.05) is 13.7 Å². The SMILES string of the molecule is COCC1(C(=O)OCc2ccccc2)c2ccccc2-c2ccccc21. The molecule has 0 saturated carbocycles. The second-order valence-electron chi connectivity index (χ2n) is 6.49. The molecule has 0 heterocycles. The number of esters is 1. The van der Waals surface area contributed by atoms with Crippen molar-refractivity contribution in [2.24, 2.45) is 0 Å². The highest BCUT2D eigenvalue weighted by molar-refractivity contribution is 5.98. The van der Waals surface area contributed by atoms with Crippen LogP contribution in [0.5, 0.6) is 0 Å². The van der Waals surface area contributed by atoms with Gasteiger partial charge in [0.15, 0.2) is 0 Å². The topological polar surface area (TPSA) is 35.5 Å². The summed E-state index contributed by atoms with van der Waals surface area (Å²) in [5.74, 6) is -0.277. The average molecular weight is 344 g/mol. The Hall–Kier alpha value is -2.91. The van der Waals surface area contributed by atoms with Crippen molar-refractivity contribution in [2.45, 2.75) is 12.0 Å². The third kappa shape index (κ3) is 2.52. The molecule has 0 radical (unpaired) electrons. The summed E-state index contributed by atoms with van der Waals surface area (Å²) in [6, 6.07) is 25.7. The van der Waals surface area contributed by atoms with Crippen LogP contribution in [0.1, 0.15) is 16.7 Å². The van der Waals surface area contributed by atoms with Crippen molar-refractivity contribution in [3.05, 3.63) is 95.6 Å². The molecule has 3 heteroatoms. The predicted molar refractivity (Wildman–Crippen MR) is 101 cm³/mol. The average Bonchev–Trinajstić information content (AvgIpc) is 2.99. The van der Waals surface area contributed by atoms with E-state index in [2.05, 4.69) is 12.1 Å². The Balaban J connectivity index is 1.77. The van der Waals surface area contributed by atoms with E-state index in [4.69, 9.17) is 9.47 Å². The minimum absolute atomic E-state index is 0.245. The first-order valence-corrected chi connectivity index (χ1v) is 8.67.